The van der Waals surface area contributed by atoms with E-state index in [2.05, 4.69) is 5.32 Å². The number of hydrogen-bond donors (Lipinski definition) is 2. The number of benzene rings is 1. The summed E-state index contributed by atoms with van der Waals surface area (Å²) in [7, 11) is 1.75. The van der Waals surface area contributed by atoms with Crippen LogP contribution in [0.2, 0.25) is 0 Å². The molecule has 0 saturated heterocycles. The molecular formula is C14H20FNO3. The average Bonchev–Trinajstić information content (AvgIpc) is 2.36. The Hall–Kier alpha value is -1.33. The number of halogens is 1. The van der Waals surface area contributed by atoms with E-state index in [4.69, 9.17) is 9.47 Å². The Morgan fingerprint density at radius 1 is 1.37 bits per heavy atom. The van der Waals surface area contributed by atoms with Crippen molar-refractivity contribution >= 4 is 0 Å². The van der Waals surface area contributed by atoms with Gasteiger partial charge in [-0.2, -0.15) is 0 Å². The van der Waals surface area contributed by atoms with Crippen LogP contribution in [-0.2, 0) is 5.67 Å². The highest BCUT2D eigenvalue weighted by molar-refractivity contribution is 5.52. The fourth-order valence-corrected chi connectivity index (χ4v) is 2.07. The average molecular weight is 269 g/mol. The van der Waals surface area contributed by atoms with Crippen LogP contribution in [0.25, 0.3) is 0 Å². The third kappa shape index (κ3) is 2.98. The molecule has 0 radical (unpaired) electrons. The molecule has 19 heavy (non-hydrogen) atoms. The lowest BCUT2D eigenvalue weighted by Gasteiger charge is -2.26. The fraction of sp³-hybridized carbons (Fsp3) is 0.571. The highest BCUT2D eigenvalue weighted by Crippen LogP contribution is 2.41. The van der Waals surface area contributed by atoms with Crippen molar-refractivity contribution in [2.24, 2.45) is 0 Å². The normalized spacial score (nSPS) is 16.3. The second-order valence-electron chi connectivity index (χ2n) is 5.14. The number of alkyl halides is 1. The van der Waals surface area contributed by atoms with Crippen molar-refractivity contribution in [1.29, 1.82) is 0 Å². The first-order valence-electron chi connectivity index (χ1n) is 6.39. The summed E-state index contributed by atoms with van der Waals surface area (Å²) in [6.45, 7) is 4.20. The quantitative estimate of drug-likeness (QED) is 0.876. The minimum atomic E-state index is -1.50. The smallest absolute Gasteiger partial charge is 0.167 e. The molecule has 0 fully saturated rings. The first-order valence-corrected chi connectivity index (χ1v) is 6.39. The Labute approximate surface area is 112 Å². The molecule has 0 bridgehead atoms. The molecule has 0 aliphatic carbocycles. The van der Waals surface area contributed by atoms with Crippen LogP contribution in [0.3, 0.4) is 0 Å². The molecule has 0 aromatic heterocycles. The van der Waals surface area contributed by atoms with Crippen LogP contribution >= 0.6 is 0 Å². The Balaban J connectivity index is 2.49. The zero-order valence-electron chi connectivity index (χ0n) is 11.5. The van der Waals surface area contributed by atoms with E-state index in [9.17, 15) is 9.50 Å². The van der Waals surface area contributed by atoms with Gasteiger partial charge in [-0.05, 0) is 38.6 Å². The number of ether oxygens (including phenoxy) is 2. The van der Waals surface area contributed by atoms with Gasteiger partial charge in [0.1, 0.15) is 18.9 Å². The zero-order valence-corrected chi connectivity index (χ0v) is 11.5. The molecule has 106 valence electrons. The number of fused-ring (bicyclic) bond motifs is 1. The van der Waals surface area contributed by atoms with E-state index >= 15 is 0 Å². The molecular weight excluding hydrogens is 249 g/mol. The second-order valence-corrected chi connectivity index (χ2v) is 5.14. The van der Waals surface area contributed by atoms with Crippen molar-refractivity contribution < 1.29 is 19.0 Å². The second kappa shape index (κ2) is 5.35. The van der Waals surface area contributed by atoms with Crippen LogP contribution in [-0.4, -0.2) is 31.9 Å². The Morgan fingerprint density at radius 2 is 2.05 bits per heavy atom. The van der Waals surface area contributed by atoms with Crippen LogP contribution in [0.4, 0.5) is 4.39 Å². The summed E-state index contributed by atoms with van der Waals surface area (Å²) in [6, 6.07) is 3.29. The number of likely N-dealkylation sites (N-methyl/N-ethyl adjacent to an activating group) is 1. The minimum absolute atomic E-state index is 0.367. The lowest BCUT2D eigenvalue weighted by molar-refractivity contribution is 0.144. The molecule has 1 heterocycles. The van der Waals surface area contributed by atoms with Gasteiger partial charge in [-0.15, -0.1) is 0 Å². The van der Waals surface area contributed by atoms with E-state index in [0.29, 0.717) is 42.4 Å². The van der Waals surface area contributed by atoms with Crippen molar-refractivity contribution in [1.82, 2.24) is 5.32 Å². The van der Waals surface area contributed by atoms with Gasteiger partial charge in [-0.1, -0.05) is 0 Å². The maximum absolute atomic E-state index is 14.1. The van der Waals surface area contributed by atoms with Crippen molar-refractivity contribution in [3.05, 3.63) is 23.3 Å². The molecule has 1 aromatic carbocycles. The van der Waals surface area contributed by atoms with Gasteiger partial charge in [-0.25, -0.2) is 4.39 Å². The first kappa shape index (κ1) is 14.1. The predicted octanol–water partition coefficient (Wildman–Crippen LogP) is 1.92. The molecule has 4 nitrogen and oxygen atoms in total. The van der Waals surface area contributed by atoms with Gasteiger partial charge < -0.3 is 19.9 Å². The third-order valence-corrected chi connectivity index (χ3v) is 3.11. The molecule has 5 heteroatoms. The van der Waals surface area contributed by atoms with E-state index in [1.54, 1.807) is 19.2 Å². The summed E-state index contributed by atoms with van der Waals surface area (Å²) in [5.74, 6) is 1.02. The summed E-state index contributed by atoms with van der Waals surface area (Å²) in [4.78, 5) is 0. The summed E-state index contributed by atoms with van der Waals surface area (Å²) >= 11 is 0. The lowest BCUT2D eigenvalue weighted by atomic mass is 9.94. The van der Waals surface area contributed by atoms with Gasteiger partial charge in [-0.3, -0.25) is 0 Å². The van der Waals surface area contributed by atoms with Crippen molar-refractivity contribution in [3.63, 3.8) is 0 Å². The molecule has 0 amide bonds. The molecule has 0 spiro atoms. The van der Waals surface area contributed by atoms with Crippen LogP contribution in [0.5, 0.6) is 11.5 Å². The molecule has 2 N–H and O–H groups in total. The molecule has 1 aliphatic rings. The molecule has 1 aliphatic heterocycles. The Morgan fingerprint density at radius 3 is 2.68 bits per heavy atom. The summed E-state index contributed by atoms with van der Waals surface area (Å²) < 4.78 is 25.2. The van der Waals surface area contributed by atoms with E-state index < -0.39 is 11.8 Å². The van der Waals surface area contributed by atoms with Gasteiger partial charge in [0.25, 0.3) is 0 Å². The van der Waals surface area contributed by atoms with Gasteiger partial charge in [0.2, 0.25) is 0 Å². The number of aliphatic hydroxyl groups excluding tert-OH is 1. The van der Waals surface area contributed by atoms with Crippen LogP contribution in [0.15, 0.2) is 12.1 Å². The van der Waals surface area contributed by atoms with Crippen molar-refractivity contribution in [2.45, 2.75) is 25.6 Å². The van der Waals surface area contributed by atoms with Crippen molar-refractivity contribution in [3.8, 4) is 11.5 Å². The molecule has 1 aromatic rings. The number of aliphatic hydroxyl groups is 1. The van der Waals surface area contributed by atoms with E-state index in [1.807, 2.05) is 0 Å². The number of hydrogen-bond acceptors (Lipinski definition) is 4. The lowest BCUT2D eigenvalue weighted by Crippen LogP contribution is -2.22. The largest absolute Gasteiger partial charge is 0.486 e. The van der Waals surface area contributed by atoms with Crippen molar-refractivity contribution in [2.75, 3.05) is 26.8 Å². The number of nitrogens with one attached hydrogen (secondary N) is 1. The van der Waals surface area contributed by atoms with Gasteiger partial charge in [0, 0.05) is 12.1 Å². The maximum Gasteiger partial charge on any atom is 0.167 e. The molecule has 2 rings (SSSR count). The van der Waals surface area contributed by atoms with E-state index in [1.165, 1.54) is 13.8 Å². The number of rotatable bonds is 4. The van der Waals surface area contributed by atoms with Crippen LogP contribution in [0, 0.1) is 0 Å². The van der Waals surface area contributed by atoms with E-state index in [0.717, 1.165) is 0 Å². The summed E-state index contributed by atoms with van der Waals surface area (Å²) in [5, 5.41) is 13.0. The maximum atomic E-state index is 14.1. The SMILES string of the molecule is CNCC(O)c1cc(C(C)(C)F)cc2c1OCCO2. The van der Waals surface area contributed by atoms with Crippen LogP contribution < -0.4 is 14.8 Å². The molecule has 0 saturated carbocycles. The monoisotopic (exact) mass is 269 g/mol. The van der Waals surface area contributed by atoms with Gasteiger partial charge >= 0.3 is 0 Å². The summed E-state index contributed by atoms with van der Waals surface area (Å²) in [6.07, 6.45) is -0.761. The third-order valence-electron chi connectivity index (χ3n) is 3.11. The topological polar surface area (TPSA) is 50.7 Å². The highest BCUT2D eigenvalue weighted by Gasteiger charge is 2.27. The van der Waals surface area contributed by atoms with Gasteiger partial charge in [0.15, 0.2) is 11.5 Å². The Kier molecular flexibility index (Phi) is 3.96. The van der Waals surface area contributed by atoms with E-state index in [-0.39, 0.29) is 0 Å². The molecule has 1 atom stereocenters. The van der Waals surface area contributed by atoms with Crippen LogP contribution in [0.1, 0.15) is 31.1 Å². The first-order chi connectivity index (χ1) is 8.93. The zero-order chi connectivity index (χ0) is 14.0. The van der Waals surface area contributed by atoms with Gasteiger partial charge in [0.05, 0.1) is 6.10 Å². The standard InChI is InChI=1S/C14H20FNO3/c1-14(2,15)9-6-10(11(17)8-16-3)13-12(7-9)18-4-5-19-13/h6-7,11,16-17H,4-5,8H2,1-3H3. The minimum Gasteiger partial charge on any atom is -0.486 e. The summed E-state index contributed by atoms with van der Waals surface area (Å²) in [5.41, 5.74) is -0.460. The highest BCUT2D eigenvalue weighted by atomic mass is 19.1. The fourth-order valence-electron chi connectivity index (χ4n) is 2.07. The predicted molar refractivity (Wildman–Crippen MR) is 70.5 cm³/mol. The Bertz CT molecular complexity index is 457. The molecule has 1 unspecified atom stereocenters.